The molecule has 0 bridgehead atoms. The van der Waals surface area contributed by atoms with Crippen LogP contribution < -0.4 is 0 Å². The van der Waals surface area contributed by atoms with Crippen LogP contribution in [0.25, 0.3) is 0 Å². The van der Waals surface area contributed by atoms with E-state index >= 15 is 0 Å². The maximum atomic E-state index is 5.17. The average molecular weight is 187 g/mol. The fourth-order valence-electron chi connectivity index (χ4n) is 1.70. The molecule has 0 atom stereocenters. The summed E-state index contributed by atoms with van der Waals surface area (Å²) in [5, 5.41) is 0. The van der Waals surface area contributed by atoms with Crippen LogP contribution in [0.1, 0.15) is 19.8 Å². The molecule has 78 valence electrons. The number of hydrogen-bond donors (Lipinski definition) is 0. The van der Waals surface area contributed by atoms with Crippen molar-refractivity contribution < 1.29 is 9.47 Å². The second-order valence-electron chi connectivity index (χ2n) is 3.88. The molecule has 3 nitrogen and oxygen atoms in total. The highest BCUT2D eigenvalue weighted by molar-refractivity contribution is 4.69. The van der Waals surface area contributed by atoms with Crippen LogP contribution in [0.4, 0.5) is 0 Å². The van der Waals surface area contributed by atoms with Crippen molar-refractivity contribution in [1.29, 1.82) is 0 Å². The monoisotopic (exact) mass is 187 g/mol. The van der Waals surface area contributed by atoms with Gasteiger partial charge in [-0.1, -0.05) is 6.92 Å². The van der Waals surface area contributed by atoms with E-state index in [0.717, 1.165) is 12.5 Å². The molecule has 1 saturated heterocycles. The molecule has 0 amide bonds. The Balaban J connectivity index is 2.21. The molecule has 1 aliphatic rings. The lowest BCUT2D eigenvalue weighted by Gasteiger charge is -2.31. The first-order chi connectivity index (χ1) is 6.26. The fourth-order valence-corrected chi connectivity index (χ4v) is 1.70. The number of piperidine rings is 1. The van der Waals surface area contributed by atoms with Gasteiger partial charge in [-0.25, -0.2) is 0 Å². The van der Waals surface area contributed by atoms with Gasteiger partial charge in [-0.15, -0.1) is 0 Å². The standard InChI is InChI=1S/C10H21NO2/c1-9-4-6-11(7-5-9)8-10(12-2)13-3/h9-10H,4-8H2,1-3H3. The van der Waals surface area contributed by atoms with Crippen LogP contribution in [0.15, 0.2) is 0 Å². The van der Waals surface area contributed by atoms with Gasteiger partial charge in [0.25, 0.3) is 0 Å². The lowest BCUT2D eigenvalue weighted by Crippen LogP contribution is -2.39. The smallest absolute Gasteiger partial charge is 0.169 e. The first kappa shape index (κ1) is 11.0. The summed E-state index contributed by atoms with van der Waals surface area (Å²) in [6.45, 7) is 5.59. The van der Waals surface area contributed by atoms with Gasteiger partial charge in [-0.05, 0) is 31.8 Å². The first-order valence-electron chi connectivity index (χ1n) is 5.04. The Bertz CT molecular complexity index is 129. The number of likely N-dealkylation sites (tertiary alicyclic amines) is 1. The van der Waals surface area contributed by atoms with Crippen LogP contribution in [-0.4, -0.2) is 45.0 Å². The zero-order valence-corrected chi connectivity index (χ0v) is 8.95. The topological polar surface area (TPSA) is 21.7 Å². The molecule has 0 N–H and O–H groups in total. The van der Waals surface area contributed by atoms with Gasteiger partial charge in [0.2, 0.25) is 0 Å². The van der Waals surface area contributed by atoms with E-state index in [1.165, 1.54) is 25.9 Å². The zero-order valence-electron chi connectivity index (χ0n) is 8.95. The Labute approximate surface area is 81.0 Å². The molecular weight excluding hydrogens is 166 g/mol. The average Bonchev–Trinajstić information content (AvgIpc) is 2.17. The highest BCUT2D eigenvalue weighted by Crippen LogP contribution is 2.16. The van der Waals surface area contributed by atoms with Gasteiger partial charge in [-0.2, -0.15) is 0 Å². The Hall–Kier alpha value is -0.120. The van der Waals surface area contributed by atoms with Crippen LogP contribution in [0.3, 0.4) is 0 Å². The SMILES string of the molecule is COC(CN1CCC(C)CC1)OC. The number of nitrogens with zero attached hydrogens (tertiary/aromatic N) is 1. The predicted molar refractivity (Wildman–Crippen MR) is 52.6 cm³/mol. The van der Waals surface area contributed by atoms with Gasteiger partial charge in [0.15, 0.2) is 6.29 Å². The van der Waals surface area contributed by atoms with E-state index in [0.29, 0.717) is 0 Å². The summed E-state index contributed by atoms with van der Waals surface area (Å²) in [4.78, 5) is 2.41. The number of methoxy groups -OCH3 is 2. The molecule has 0 aliphatic carbocycles. The van der Waals surface area contributed by atoms with Crippen molar-refractivity contribution in [2.24, 2.45) is 5.92 Å². The highest BCUT2D eigenvalue weighted by Gasteiger charge is 2.18. The van der Waals surface area contributed by atoms with Gasteiger partial charge in [0.1, 0.15) is 0 Å². The zero-order chi connectivity index (χ0) is 9.68. The van der Waals surface area contributed by atoms with Crippen molar-refractivity contribution in [2.45, 2.75) is 26.1 Å². The Kier molecular flexibility index (Phi) is 4.70. The Morgan fingerprint density at radius 1 is 1.23 bits per heavy atom. The fraction of sp³-hybridized carbons (Fsp3) is 1.00. The van der Waals surface area contributed by atoms with Gasteiger partial charge < -0.3 is 9.47 Å². The molecule has 0 aromatic rings. The van der Waals surface area contributed by atoms with Gasteiger partial charge in [-0.3, -0.25) is 4.90 Å². The molecule has 0 spiro atoms. The molecule has 13 heavy (non-hydrogen) atoms. The van der Waals surface area contributed by atoms with E-state index in [9.17, 15) is 0 Å². The molecule has 1 fully saturated rings. The minimum atomic E-state index is -0.0617. The molecule has 1 aliphatic heterocycles. The largest absolute Gasteiger partial charge is 0.355 e. The predicted octanol–water partition coefficient (Wildman–Crippen LogP) is 1.34. The van der Waals surface area contributed by atoms with Gasteiger partial charge >= 0.3 is 0 Å². The van der Waals surface area contributed by atoms with Crippen LogP contribution in [0.2, 0.25) is 0 Å². The molecule has 1 rings (SSSR count). The third-order valence-corrected chi connectivity index (χ3v) is 2.81. The second-order valence-corrected chi connectivity index (χ2v) is 3.88. The summed E-state index contributed by atoms with van der Waals surface area (Å²) in [7, 11) is 3.39. The van der Waals surface area contributed by atoms with Crippen LogP contribution >= 0.6 is 0 Å². The van der Waals surface area contributed by atoms with Crippen molar-refractivity contribution in [1.82, 2.24) is 4.90 Å². The number of ether oxygens (including phenoxy) is 2. The van der Waals surface area contributed by atoms with Crippen molar-refractivity contribution in [3.05, 3.63) is 0 Å². The Morgan fingerprint density at radius 3 is 2.23 bits per heavy atom. The summed E-state index contributed by atoms with van der Waals surface area (Å²) in [6.07, 6.45) is 2.55. The molecule has 0 saturated carbocycles. The maximum Gasteiger partial charge on any atom is 0.169 e. The van der Waals surface area contributed by atoms with Gasteiger partial charge in [0.05, 0.1) is 0 Å². The third-order valence-electron chi connectivity index (χ3n) is 2.81. The third kappa shape index (κ3) is 3.63. The minimum Gasteiger partial charge on any atom is -0.355 e. The van der Waals surface area contributed by atoms with Crippen molar-refractivity contribution in [2.75, 3.05) is 33.9 Å². The highest BCUT2D eigenvalue weighted by atomic mass is 16.7. The van der Waals surface area contributed by atoms with Gasteiger partial charge in [0, 0.05) is 20.8 Å². The molecule has 1 heterocycles. The lowest BCUT2D eigenvalue weighted by atomic mass is 9.99. The molecule has 3 heteroatoms. The lowest BCUT2D eigenvalue weighted by molar-refractivity contribution is -0.118. The van der Waals surface area contributed by atoms with E-state index in [-0.39, 0.29) is 6.29 Å². The summed E-state index contributed by atoms with van der Waals surface area (Å²) in [6, 6.07) is 0. The first-order valence-corrected chi connectivity index (χ1v) is 5.04. The number of hydrogen-bond acceptors (Lipinski definition) is 3. The summed E-state index contributed by atoms with van der Waals surface area (Å²) >= 11 is 0. The van der Waals surface area contributed by atoms with Crippen LogP contribution in [-0.2, 0) is 9.47 Å². The molecule has 0 aromatic carbocycles. The minimum absolute atomic E-state index is 0.0617. The molecule has 0 radical (unpaired) electrons. The van der Waals surface area contributed by atoms with Crippen LogP contribution in [0, 0.1) is 5.92 Å². The normalized spacial score (nSPS) is 21.2. The summed E-state index contributed by atoms with van der Waals surface area (Å²) in [5.74, 6) is 0.889. The maximum absolute atomic E-state index is 5.17. The number of rotatable bonds is 4. The van der Waals surface area contributed by atoms with E-state index in [2.05, 4.69) is 11.8 Å². The van der Waals surface area contributed by atoms with Crippen molar-refractivity contribution in [3.8, 4) is 0 Å². The Morgan fingerprint density at radius 2 is 1.77 bits per heavy atom. The second kappa shape index (κ2) is 5.58. The van der Waals surface area contributed by atoms with Crippen molar-refractivity contribution >= 4 is 0 Å². The van der Waals surface area contributed by atoms with Crippen LogP contribution in [0.5, 0.6) is 0 Å². The quantitative estimate of drug-likeness (QED) is 0.620. The molecule has 0 unspecified atom stereocenters. The van der Waals surface area contributed by atoms with E-state index in [1.54, 1.807) is 14.2 Å². The summed E-state index contributed by atoms with van der Waals surface area (Å²) < 4.78 is 10.3. The molecular formula is C10H21NO2. The van der Waals surface area contributed by atoms with E-state index < -0.39 is 0 Å². The molecule has 0 aromatic heterocycles. The van der Waals surface area contributed by atoms with E-state index in [4.69, 9.17) is 9.47 Å². The summed E-state index contributed by atoms with van der Waals surface area (Å²) in [5.41, 5.74) is 0. The van der Waals surface area contributed by atoms with E-state index in [1.807, 2.05) is 0 Å². The van der Waals surface area contributed by atoms with Crippen molar-refractivity contribution in [3.63, 3.8) is 0 Å².